The van der Waals surface area contributed by atoms with E-state index in [0.717, 1.165) is 4.68 Å². The van der Waals surface area contributed by atoms with Gasteiger partial charge in [0.15, 0.2) is 0 Å². The van der Waals surface area contributed by atoms with Crippen molar-refractivity contribution in [3.63, 3.8) is 0 Å². The van der Waals surface area contributed by atoms with Gasteiger partial charge in [-0.15, -0.1) is 0 Å². The standard InChI is InChI=1S/C14H15ClFN3O3/c1-19-14(21)13(15)12(7-18-19)17-6-10(20)8-22-11-4-2-9(16)3-5-11/h2-5,7,10,17,20H,6,8H2,1H3. The average Bonchev–Trinajstić information content (AvgIpc) is 2.51. The monoisotopic (exact) mass is 327 g/mol. The van der Waals surface area contributed by atoms with Crippen molar-refractivity contribution in [2.45, 2.75) is 6.10 Å². The van der Waals surface area contributed by atoms with Gasteiger partial charge in [-0.2, -0.15) is 5.10 Å². The van der Waals surface area contributed by atoms with Crippen LogP contribution in [-0.4, -0.2) is 34.1 Å². The molecule has 2 aromatic rings. The third kappa shape index (κ3) is 4.19. The summed E-state index contributed by atoms with van der Waals surface area (Å²) in [5.74, 6) is 0.0936. The second kappa shape index (κ2) is 7.24. The van der Waals surface area contributed by atoms with Gasteiger partial charge in [0.2, 0.25) is 0 Å². The molecule has 1 atom stereocenters. The SMILES string of the molecule is Cn1ncc(NCC(O)COc2ccc(F)cc2)c(Cl)c1=O. The first-order valence-electron chi connectivity index (χ1n) is 6.49. The minimum absolute atomic E-state index is 0.00385. The number of aromatic nitrogens is 2. The first-order chi connectivity index (χ1) is 10.5. The van der Waals surface area contributed by atoms with Crippen molar-refractivity contribution < 1.29 is 14.2 Å². The molecule has 8 heteroatoms. The molecule has 0 bridgehead atoms. The van der Waals surface area contributed by atoms with Crippen molar-refractivity contribution in [3.8, 4) is 5.75 Å². The van der Waals surface area contributed by atoms with Gasteiger partial charge >= 0.3 is 0 Å². The number of aliphatic hydroxyl groups is 1. The zero-order valence-electron chi connectivity index (χ0n) is 11.8. The molecule has 0 amide bonds. The highest BCUT2D eigenvalue weighted by Crippen LogP contribution is 2.15. The van der Waals surface area contributed by atoms with E-state index < -0.39 is 11.7 Å². The molecule has 0 aliphatic rings. The van der Waals surface area contributed by atoms with Crippen molar-refractivity contribution in [1.29, 1.82) is 0 Å². The molecule has 0 fully saturated rings. The highest BCUT2D eigenvalue weighted by atomic mass is 35.5. The summed E-state index contributed by atoms with van der Waals surface area (Å²) >= 11 is 5.89. The molecule has 0 saturated heterocycles. The van der Waals surface area contributed by atoms with Gasteiger partial charge in [-0.05, 0) is 24.3 Å². The quantitative estimate of drug-likeness (QED) is 0.839. The van der Waals surface area contributed by atoms with Crippen molar-refractivity contribution >= 4 is 17.3 Å². The zero-order valence-corrected chi connectivity index (χ0v) is 12.5. The molecule has 1 unspecified atom stereocenters. The van der Waals surface area contributed by atoms with Crippen LogP contribution in [0.4, 0.5) is 10.1 Å². The van der Waals surface area contributed by atoms with Gasteiger partial charge in [-0.25, -0.2) is 9.07 Å². The number of rotatable bonds is 6. The van der Waals surface area contributed by atoms with Crippen LogP contribution in [0.15, 0.2) is 35.3 Å². The molecule has 0 aliphatic carbocycles. The number of anilines is 1. The van der Waals surface area contributed by atoms with Crippen LogP contribution in [0.5, 0.6) is 5.75 Å². The Kier molecular flexibility index (Phi) is 5.35. The van der Waals surface area contributed by atoms with Crippen molar-refractivity contribution in [1.82, 2.24) is 9.78 Å². The van der Waals surface area contributed by atoms with Crippen molar-refractivity contribution in [2.75, 3.05) is 18.5 Å². The Labute approximate surface area is 131 Å². The molecule has 1 aromatic heterocycles. The van der Waals surface area contributed by atoms with Crippen LogP contribution in [0.25, 0.3) is 0 Å². The maximum absolute atomic E-state index is 12.7. The molecule has 1 heterocycles. The summed E-state index contributed by atoms with van der Waals surface area (Å²) in [6, 6.07) is 5.48. The van der Waals surface area contributed by atoms with E-state index in [4.69, 9.17) is 16.3 Å². The number of nitrogens with one attached hydrogen (secondary N) is 1. The summed E-state index contributed by atoms with van der Waals surface area (Å²) < 4.78 is 19.2. The molecule has 22 heavy (non-hydrogen) atoms. The molecule has 0 spiro atoms. The van der Waals surface area contributed by atoms with E-state index in [2.05, 4.69) is 10.4 Å². The van der Waals surface area contributed by atoms with Gasteiger partial charge in [0.25, 0.3) is 5.56 Å². The number of hydrogen-bond acceptors (Lipinski definition) is 5. The van der Waals surface area contributed by atoms with Crippen LogP contribution in [0.2, 0.25) is 5.02 Å². The summed E-state index contributed by atoms with van der Waals surface area (Å²) in [6.45, 7) is 0.129. The number of ether oxygens (including phenoxy) is 1. The number of aliphatic hydroxyl groups excluding tert-OH is 1. The Morgan fingerprint density at radius 1 is 1.45 bits per heavy atom. The van der Waals surface area contributed by atoms with E-state index >= 15 is 0 Å². The molecular formula is C14H15ClFN3O3. The summed E-state index contributed by atoms with van der Waals surface area (Å²) in [5, 5.41) is 16.5. The van der Waals surface area contributed by atoms with Crippen LogP contribution in [0.1, 0.15) is 0 Å². The Hall–Kier alpha value is -2.12. The van der Waals surface area contributed by atoms with Crippen LogP contribution in [0, 0.1) is 5.82 Å². The highest BCUT2D eigenvalue weighted by Gasteiger charge is 2.10. The smallest absolute Gasteiger partial charge is 0.287 e. The Morgan fingerprint density at radius 2 is 2.14 bits per heavy atom. The van der Waals surface area contributed by atoms with E-state index in [1.54, 1.807) is 0 Å². The van der Waals surface area contributed by atoms with Crippen LogP contribution in [-0.2, 0) is 7.05 Å². The maximum Gasteiger partial charge on any atom is 0.287 e. The van der Waals surface area contributed by atoms with Crippen molar-refractivity contribution in [3.05, 3.63) is 51.7 Å². The third-order valence-corrected chi connectivity index (χ3v) is 3.23. The molecule has 2 rings (SSSR count). The van der Waals surface area contributed by atoms with Crippen LogP contribution in [0.3, 0.4) is 0 Å². The molecule has 0 aliphatic heterocycles. The zero-order chi connectivity index (χ0) is 16.1. The predicted octanol–water partition coefficient (Wildman–Crippen LogP) is 1.42. The topological polar surface area (TPSA) is 76.4 Å². The minimum atomic E-state index is -0.842. The van der Waals surface area contributed by atoms with Crippen LogP contribution >= 0.6 is 11.6 Å². The summed E-state index contributed by atoms with van der Waals surface area (Å²) in [7, 11) is 1.49. The number of benzene rings is 1. The fourth-order valence-corrected chi connectivity index (χ4v) is 1.88. The first-order valence-corrected chi connectivity index (χ1v) is 6.87. The van der Waals surface area contributed by atoms with Gasteiger partial charge < -0.3 is 15.2 Å². The largest absolute Gasteiger partial charge is 0.491 e. The number of hydrogen-bond donors (Lipinski definition) is 2. The second-order valence-electron chi connectivity index (χ2n) is 4.60. The van der Waals surface area contributed by atoms with Gasteiger partial charge in [0, 0.05) is 13.6 Å². The lowest BCUT2D eigenvalue weighted by Gasteiger charge is -2.14. The van der Waals surface area contributed by atoms with Gasteiger partial charge in [0.1, 0.15) is 29.3 Å². The first kappa shape index (κ1) is 16.3. The molecular weight excluding hydrogens is 313 g/mol. The van der Waals surface area contributed by atoms with Crippen LogP contribution < -0.4 is 15.6 Å². The number of halogens is 2. The fourth-order valence-electron chi connectivity index (χ4n) is 1.64. The maximum atomic E-state index is 12.7. The summed E-state index contributed by atoms with van der Waals surface area (Å²) in [5.41, 5.74) is -0.0886. The molecule has 0 saturated carbocycles. The summed E-state index contributed by atoms with van der Waals surface area (Å²) in [6.07, 6.45) is 0.558. The molecule has 0 radical (unpaired) electrons. The second-order valence-corrected chi connectivity index (χ2v) is 4.98. The highest BCUT2D eigenvalue weighted by molar-refractivity contribution is 6.32. The van der Waals surface area contributed by atoms with Gasteiger partial charge in [-0.3, -0.25) is 4.79 Å². The minimum Gasteiger partial charge on any atom is -0.491 e. The Balaban J connectivity index is 1.85. The van der Waals surface area contributed by atoms with E-state index in [-0.39, 0.29) is 24.0 Å². The van der Waals surface area contributed by atoms with E-state index in [1.807, 2.05) is 0 Å². The predicted molar refractivity (Wildman–Crippen MR) is 80.9 cm³/mol. The summed E-state index contributed by atoms with van der Waals surface area (Å²) in [4.78, 5) is 11.6. The lowest BCUT2D eigenvalue weighted by atomic mass is 10.3. The molecule has 6 nitrogen and oxygen atoms in total. The van der Waals surface area contributed by atoms with E-state index in [9.17, 15) is 14.3 Å². The van der Waals surface area contributed by atoms with E-state index in [1.165, 1.54) is 37.5 Å². The lowest BCUT2D eigenvalue weighted by molar-refractivity contribution is 0.117. The molecule has 1 aromatic carbocycles. The van der Waals surface area contributed by atoms with Gasteiger partial charge in [0.05, 0.1) is 11.9 Å². The fraction of sp³-hybridized carbons (Fsp3) is 0.286. The van der Waals surface area contributed by atoms with Gasteiger partial charge in [-0.1, -0.05) is 11.6 Å². The van der Waals surface area contributed by atoms with E-state index in [0.29, 0.717) is 11.4 Å². The Morgan fingerprint density at radius 3 is 2.82 bits per heavy atom. The molecule has 2 N–H and O–H groups in total. The average molecular weight is 328 g/mol. The van der Waals surface area contributed by atoms with Crippen molar-refractivity contribution in [2.24, 2.45) is 7.05 Å². The third-order valence-electron chi connectivity index (χ3n) is 2.86. The number of aryl methyl sites for hydroxylation is 1. The Bertz CT molecular complexity index is 691. The lowest BCUT2D eigenvalue weighted by Crippen LogP contribution is -2.28. The normalized spacial score (nSPS) is 12.0. The number of nitrogens with zero attached hydrogens (tertiary/aromatic N) is 2. The molecule has 118 valence electrons.